The van der Waals surface area contributed by atoms with Crippen LogP contribution < -0.4 is 5.32 Å². The van der Waals surface area contributed by atoms with Gasteiger partial charge in [-0.1, -0.05) is 12.1 Å². The first-order valence-electron chi connectivity index (χ1n) is 7.24. The molecule has 0 saturated carbocycles. The van der Waals surface area contributed by atoms with Crippen molar-refractivity contribution in [2.45, 2.75) is 53.6 Å². The number of anilines is 1. The Bertz CT molecular complexity index is 571. The first-order chi connectivity index (χ1) is 9.90. The molecule has 0 aliphatic carbocycles. The molecule has 5 nitrogen and oxygen atoms in total. The monoisotopic (exact) mass is 307 g/mol. The number of amides is 1. The van der Waals surface area contributed by atoms with Crippen LogP contribution in [0.3, 0.4) is 0 Å². The quantitative estimate of drug-likeness (QED) is 0.881. The molecule has 0 heterocycles. The molecule has 5 heteroatoms. The second-order valence-corrected chi connectivity index (χ2v) is 7.14. The lowest BCUT2D eigenvalue weighted by molar-refractivity contribution is -0.146. The van der Waals surface area contributed by atoms with Gasteiger partial charge in [-0.2, -0.15) is 0 Å². The molecule has 1 aromatic rings. The largest absolute Gasteiger partial charge is 0.481 e. The molecule has 0 radical (unpaired) electrons. The molecule has 122 valence electrons. The van der Waals surface area contributed by atoms with Crippen LogP contribution in [0, 0.1) is 12.3 Å². The summed E-state index contributed by atoms with van der Waals surface area (Å²) in [6.07, 6.45) is -0.142. The predicted molar refractivity (Wildman–Crippen MR) is 86.2 cm³/mol. The van der Waals surface area contributed by atoms with E-state index in [1.54, 1.807) is 40.7 Å². The Morgan fingerprint density at radius 1 is 1.18 bits per heavy atom. The number of carbonyl (C=O) groups excluding carboxylic acids is 1. The van der Waals surface area contributed by atoms with Crippen molar-refractivity contribution in [2.24, 2.45) is 5.41 Å². The molecule has 0 bridgehead atoms. The smallest absolute Gasteiger partial charge is 0.412 e. The summed E-state index contributed by atoms with van der Waals surface area (Å²) in [5.41, 5.74) is 0.944. The predicted octanol–water partition coefficient (Wildman–Crippen LogP) is 4.00. The van der Waals surface area contributed by atoms with Gasteiger partial charge in [0.2, 0.25) is 0 Å². The van der Waals surface area contributed by atoms with Crippen molar-refractivity contribution in [3.8, 4) is 0 Å². The highest BCUT2D eigenvalue weighted by atomic mass is 16.6. The van der Waals surface area contributed by atoms with E-state index in [9.17, 15) is 14.7 Å². The van der Waals surface area contributed by atoms with Gasteiger partial charge < -0.3 is 9.84 Å². The average Bonchev–Trinajstić information content (AvgIpc) is 2.30. The van der Waals surface area contributed by atoms with Crippen LogP contribution in [0.15, 0.2) is 18.2 Å². The van der Waals surface area contributed by atoms with Gasteiger partial charge in [-0.3, -0.25) is 10.1 Å². The highest BCUT2D eigenvalue weighted by Gasteiger charge is 2.27. The molecule has 0 unspecified atom stereocenters. The molecule has 0 aliphatic rings. The average molecular weight is 307 g/mol. The standard InChI is InChI=1S/C17H25NO4/c1-11-7-8-12(10-17(5,6)14(19)20)9-13(11)18-15(21)22-16(2,3)4/h7-9H,10H2,1-6H3,(H,18,21)(H,19,20). The van der Waals surface area contributed by atoms with Crippen molar-refractivity contribution >= 4 is 17.7 Å². The fourth-order valence-electron chi connectivity index (χ4n) is 1.91. The van der Waals surface area contributed by atoms with Gasteiger partial charge in [-0.25, -0.2) is 4.79 Å². The molecule has 0 fully saturated rings. The number of aryl methyl sites for hydroxylation is 1. The lowest BCUT2D eigenvalue weighted by Crippen LogP contribution is -2.28. The van der Waals surface area contributed by atoms with Crippen LogP contribution in [0.2, 0.25) is 0 Å². The number of nitrogens with one attached hydrogen (secondary N) is 1. The number of carboxylic acids is 1. The van der Waals surface area contributed by atoms with Crippen LogP contribution in [0.25, 0.3) is 0 Å². The molecule has 1 amide bonds. The fourth-order valence-corrected chi connectivity index (χ4v) is 1.91. The summed E-state index contributed by atoms with van der Waals surface area (Å²) in [6, 6.07) is 5.53. The Kier molecular flexibility index (Phi) is 5.22. The van der Waals surface area contributed by atoms with Crippen LogP contribution in [0.5, 0.6) is 0 Å². The highest BCUT2D eigenvalue weighted by molar-refractivity contribution is 5.86. The number of aliphatic carboxylic acids is 1. The highest BCUT2D eigenvalue weighted by Crippen LogP contribution is 2.25. The first kappa shape index (κ1) is 18.0. The summed E-state index contributed by atoms with van der Waals surface area (Å²) in [7, 11) is 0. The second kappa shape index (κ2) is 6.38. The third kappa shape index (κ3) is 5.39. The number of ether oxygens (including phenoxy) is 1. The lowest BCUT2D eigenvalue weighted by Gasteiger charge is -2.21. The normalized spacial score (nSPS) is 11.9. The maximum atomic E-state index is 11.9. The summed E-state index contributed by atoms with van der Waals surface area (Å²) in [5, 5.41) is 11.9. The third-order valence-corrected chi connectivity index (χ3v) is 3.16. The van der Waals surface area contributed by atoms with Gasteiger partial charge in [-0.15, -0.1) is 0 Å². The Balaban J connectivity index is 2.91. The van der Waals surface area contributed by atoms with E-state index in [1.165, 1.54) is 0 Å². The van der Waals surface area contributed by atoms with Gasteiger partial charge >= 0.3 is 12.1 Å². The number of carbonyl (C=O) groups is 2. The second-order valence-electron chi connectivity index (χ2n) is 7.14. The van der Waals surface area contributed by atoms with Gasteiger partial charge in [0.05, 0.1) is 5.41 Å². The minimum Gasteiger partial charge on any atom is -0.481 e. The number of benzene rings is 1. The summed E-state index contributed by atoms with van der Waals surface area (Å²) in [4.78, 5) is 23.1. The van der Waals surface area contributed by atoms with Crippen LogP contribution in [0.1, 0.15) is 45.7 Å². The van der Waals surface area contributed by atoms with Crippen molar-refractivity contribution in [2.75, 3.05) is 5.32 Å². The van der Waals surface area contributed by atoms with Gasteiger partial charge in [0.25, 0.3) is 0 Å². The molecule has 0 aliphatic heterocycles. The van der Waals surface area contributed by atoms with Crippen molar-refractivity contribution < 1.29 is 19.4 Å². The van der Waals surface area contributed by atoms with Crippen LogP contribution >= 0.6 is 0 Å². The molecule has 22 heavy (non-hydrogen) atoms. The summed E-state index contributed by atoms with van der Waals surface area (Å²) in [6.45, 7) is 10.6. The van der Waals surface area contributed by atoms with E-state index in [0.29, 0.717) is 12.1 Å². The molecule has 0 spiro atoms. The fraction of sp³-hybridized carbons (Fsp3) is 0.529. The van der Waals surface area contributed by atoms with E-state index in [0.717, 1.165) is 11.1 Å². The summed E-state index contributed by atoms with van der Waals surface area (Å²) in [5.74, 6) is -0.852. The van der Waals surface area contributed by atoms with Gasteiger partial charge in [0.15, 0.2) is 0 Å². The minimum absolute atomic E-state index is 0.381. The Morgan fingerprint density at radius 2 is 1.77 bits per heavy atom. The van der Waals surface area contributed by atoms with Crippen molar-refractivity contribution in [1.29, 1.82) is 0 Å². The lowest BCUT2D eigenvalue weighted by atomic mass is 9.85. The van der Waals surface area contributed by atoms with Crippen LogP contribution in [0.4, 0.5) is 10.5 Å². The zero-order valence-corrected chi connectivity index (χ0v) is 14.1. The van der Waals surface area contributed by atoms with E-state index >= 15 is 0 Å². The van der Waals surface area contributed by atoms with Crippen LogP contribution in [-0.4, -0.2) is 22.8 Å². The van der Waals surface area contributed by atoms with E-state index < -0.39 is 23.1 Å². The first-order valence-corrected chi connectivity index (χ1v) is 7.24. The third-order valence-electron chi connectivity index (χ3n) is 3.16. The van der Waals surface area contributed by atoms with Crippen molar-refractivity contribution in [3.63, 3.8) is 0 Å². The number of carboxylic acid groups (broad SMARTS) is 1. The molecule has 1 aromatic carbocycles. The minimum atomic E-state index is -0.863. The summed E-state index contributed by atoms with van der Waals surface area (Å²) < 4.78 is 5.23. The zero-order chi connectivity index (χ0) is 17.1. The Labute approximate surface area is 131 Å². The number of rotatable bonds is 4. The zero-order valence-electron chi connectivity index (χ0n) is 14.1. The topological polar surface area (TPSA) is 75.6 Å². The molecular formula is C17H25NO4. The molecule has 2 N–H and O–H groups in total. The Hall–Kier alpha value is -2.04. The maximum absolute atomic E-state index is 11.9. The molecule has 1 rings (SSSR count). The van der Waals surface area contributed by atoms with E-state index in [4.69, 9.17) is 4.74 Å². The SMILES string of the molecule is Cc1ccc(CC(C)(C)C(=O)O)cc1NC(=O)OC(C)(C)C. The Morgan fingerprint density at radius 3 is 2.27 bits per heavy atom. The molecule has 0 aromatic heterocycles. The number of hydrogen-bond acceptors (Lipinski definition) is 3. The molecule has 0 saturated heterocycles. The van der Waals surface area contributed by atoms with Crippen LogP contribution in [-0.2, 0) is 16.0 Å². The van der Waals surface area contributed by atoms with E-state index in [1.807, 2.05) is 19.1 Å². The number of hydrogen-bond donors (Lipinski definition) is 2. The molecule has 0 atom stereocenters. The van der Waals surface area contributed by atoms with Crippen molar-refractivity contribution in [3.05, 3.63) is 29.3 Å². The van der Waals surface area contributed by atoms with E-state index in [2.05, 4.69) is 5.32 Å². The maximum Gasteiger partial charge on any atom is 0.412 e. The summed E-state index contributed by atoms with van der Waals surface area (Å²) >= 11 is 0. The molecular weight excluding hydrogens is 282 g/mol. The van der Waals surface area contributed by atoms with Gasteiger partial charge in [-0.05, 0) is 65.2 Å². The van der Waals surface area contributed by atoms with Gasteiger partial charge in [0, 0.05) is 5.69 Å². The van der Waals surface area contributed by atoms with E-state index in [-0.39, 0.29) is 0 Å². The van der Waals surface area contributed by atoms with Gasteiger partial charge in [0.1, 0.15) is 5.60 Å². The van der Waals surface area contributed by atoms with Crippen molar-refractivity contribution in [1.82, 2.24) is 0 Å².